The van der Waals surface area contributed by atoms with Gasteiger partial charge in [-0.25, -0.2) is 9.36 Å². The van der Waals surface area contributed by atoms with E-state index in [0.29, 0.717) is 0 Å². The molecule has 9 heteroatoms. The average molecular weight is 480 g/mol. The number of allylic oxidation sites excluding steroid dienone is 1. The number of phosphoric acid groups is 1. The van der Waals surface area contributed by atoms with Crippen LogP contribution in [0.2, 0.25) is 0 Å². The van der Waals surface area contributed by atoms with Crippen molar-refractivity contribution in [1.82, 2.24) is 5.32 Å². The zero-order valence-electron chi connectivity index (χ0n) is 20.4. The lowest BCUT2D eigenvalue weighted by atomic mass is 10.0. The van der Waals surface area contributed by atoms with Gasteiger partial charge in [0.05, 0.1) is 18.8 Å². The molecule has 0 aliphatic carbocycles. The van der Waals surface area contributed by atoms with Gasteiger partial charge in [-0.05, 0) is 33.6 Å². The normalized spacial score (nSPS) is 14.5. The molecule has 32 heavy (non-hydrogen) atoms. The predicted molar refractivity (Wildman–Crippen MR) is 127 cm³/mol. The van der Waals surface area contributed by atoms with Gasteiger partial charge in [-0.1, -0.05) is 83.3 Å². The third-order valence-corrected chi connectivity index (χ3v) is 5.33. The van der Waals surface area contributed by atoms with Crippen LogP contribution >= 0.6 is 7.82 Å². The molecule has 8 nitrogen and oxygen atoms in total. The first kappa shape index (κ1) is 31.1. The van der Waals surface area contributed by atoms with Crippen molar-refractivity contribution in [3.05, 3.63) is 12.2 Å². The Kier molecular flexibility index (Phi) is 17.0. The Morgan fingerprint density at radius 2 is 1.47 bits per heavy atom. The summed E-state index contributed by atoms with van der Waals surface area (Å²) in [5.41, 5.74) is -0.741. The van der Waals surface area contributed by atoms with Crippen LogP contribution in [0.15, 0.2) is 12.2 Å². The van der Waals surface area contributed by atoms with Crippen molar-refractivity contribution in [3.63, 3.8) is 0 Å². The van der Waals surface area contributed by atoms with Gasteiger partial charge >= 0.3 is 13.9 Å². The van der Waals surface area contributed by atoms with Crippen LogP contribution in [-0.4, -0.2) is 45.3 Å². The van der Waals surface area contributed by atoms with E-state index >= 15 is 0 Å². The number of phosphoric ester groups is 1. The zero-order valence-corrected chi connectivity index (χ0v) is 21.3. The highest BCUT2D eigenvalue weighted by molar-refractivity contribution is 7.46. The standard InChI is InChI=1S/C23H46NO7P/c1-5-6-7-8-9-10-11-12-13-14-15-16-17-18-21(25)20(19-30-32(27,28)29)24-22(26)31-23(2,3)4/h17-18,20-21,25H,5-16,19H2,1-4H3,(H,24,26)(H2,27,28,29)/b18-17+/t20-,21+/m0/s1. The van der Waals surface area contributed by atoms with E-state index in [2.05, 4.69) is 16.8 Å². The fourth-order valence-corrected chi connectivity index (χ4v) is 3.51. The van der Waals surface area contributed by atoms with E-state index in [1.165, 1.54) is 63.9 Å². The van der Waals surface area contributed by atoms with Gasteiger partial charge in [0, 0.05) is 0 Å². The fraction of sp³-hybridized carbons (Fsp3) is 0.870. The lowest BCUT2D eigenvalue weighted by Gasteiger charge is -2.25. The summed E-state index contributed by atoms with van der Waals surface area (Å²) in [5.74, 6) is 0. The number of hydrogen-bond donors (Lipinski definition) is 4. The number of carbonyl (C=O) groups excluding carboxylic acids is 1. The molecule has 0 unspecified atom stereocenters. The minimum Gasteiger partial charge on any atom is -0.444 e. The van der Waals surface area contributed by atoms with Gasteiger partial charge in [-0.15, -0.1) is 0 Å². The van der Waals surface area contributed by atoms with Gasteiger partial charge in [0.15, 0.2) is 0 Å². The molecule has 0 bridgehead atoms. The van der Waals surface area contributed by atoms with Crippen LogP contribution in [-0.2, 0) is 13.8 Å². The first-order valence-electron chi connectivity index (χ1n) is 12.0. The summed E-state index contributed by atoms with van der Waals surface area (Å²) in [4.78, 5) is 29.8. The molecule has 0 aromatic heterocycles. The van der Waals surface area contributed by atoms with Crippen LogP contribution < -0.4 is 5.32 Å². The van der Waals surface area contributed by atoms with Gasteiger partial charge in [0.25, 0.3) is 0 Å². The van der Waals surface area contributed by atoms with Crippen LogP contribution in [0.25, 0.3) is 0 Å². The van der Waals surface area contributed by atoms with Crippen molar-refractivity contribution in [3.8, 4) is 0 Å². The summed E-state index contributed by atoms with van der Waals surface area (Å²) in [7, 11) is -4.73. The molecule has 0 fully saturated rings. The molecule has 0 saturated heterocycles. The van der Waals surface area contributed by atoms with E-state index < -0.39 is 38.3 Å². The van der Waals surface area contributed by atoms with Crippen molar-refractivity contribution in [2.75, 3.05) is 6.61 Å². The van der Waals surface area contributed by atoms with Crippen molar-refractivity contribution < 1.29 is 33.5 Å². The van der Waals surface area contributed by atoms with E-state index in [1.54, 1.807) is 20.8 Å². The Balaban J connectivity index is 4.20. The minimum absolute atomic E-state index is 0.548. The predicted octanol–water partition coefficient (Wildman–Crippen LogP) is 5.61. The third kappa shape index (κ3) is 21.0. The second-order valence-corrected chi connectivity index (χ2v) is 10.5. The molecule has 0 saturated carbocycles. The van der Waals surface area contributed by atoms with E-state index in [-0.39, 0.29) is 0 Å². The summed E-state index contributed by atoms with van der Waals surface area (Å²) < 4.78 is 20.6. The number of amides is 1. The van der Waals surface area contributed by atoms with Gasteiger partial charge < -0.3 is 24.9 Å². The summed E-state index contributed by atoms with van der Waals surface area (Å²) >= 11 is 0. The molecule has 0 aliphatic heterocycles. The van der Waals surface area contributed by atoms with Gasteiger partial charge in [0.1, 0.15) is 5.60 Å². The molecule has 0 aliphatic rings. The van der Waals surface area contributed by atoms with E-state index in [0.717, 1.165) is 19.3 Å². The molecule has 4 N–H and O–H groups in total. The summed E-state index contributed by atoms with van der Waals surface area (Å²) in [5, 5.41) is 12.8. The van der Waals surface area contributed by atoms with E-state index in [4.69, 9.17) is 14.5 Å². The highest BCUT2D eigenvalue weighted by Crippen LogP contribution is 2.35. The number of rotatable bonds is 18. The van der Waals surface area contributed by atoms with Gasteiger partial charge in [-0.2, -0.15) is 0 Å². The Morgan fingerprint density at radius 1 is 0.969 bits per heavy atom. The summed E-state index contributed by atoms with van der Waals surface area (Å²) in [6, 6.07) is -1.05. The number of aliphatic hydroxyl groups excluding tert-OH is 1. The maximum atomic E-state index is 12.0. The molecule has 190 valence electrons. The second-order valence-electron chi connectivity index (χ2n) is 9.28. The lowest BCUT2D eigenvalue weighted by molar-refractivity contribution is 0.0399. The first-order chi connectivity index (χ1) is 14.9. The number of nitrogens with one attached hydrogen (secondary N) is 1. The third-order valence-electron chi connectivity index (χ3n) is 4.84. The van der Waals surface area contributed by atoms with Crippen molar-refractivity contribution in [2.45, 2.75) is 122 Å². The summed E-state index contributed by atoms with van der Waals surface area (Å²) in [6.45, 7) is 6.76. The largest absolute Gasteiger partial charge is 0.469 e. The smallest absolute Gasteiger partial charge is 0.444 e. The molecular formula is C23H46NO7P. The van der Waals surface area contributed by atoms with Gasteiger partial charge in [-0.3, -0.25) is 4.52 Å². The monoisotopic (exact) mass is 479 g/mol. The highest BCUT2D eigenvalue weighted by Gasteiger charge is 2.26. The molecule has 1 amide bonds. The van der Waals surface area contributed by atoms with Crippen molar-refractivity contribution >= 4 is 13.9 Å². The minimum atomic E-state index is -4.73. The molecule has 0 spiro atoms. The number of ether oxygens (including phenoxy) is 1. The van der Waals surface area contributed by atoms with Crippen LogP contribution in [0, 0.1) is 0 Å². The number of unbranched alkanes of at least 4 members (excludes halogenated alkanes) is 11. The molecule has 0 heterocycles. The van der Waals surface area contributed by atoms with Crippen molar-refractivity contribution in [2.24, 2.45) is 0 Å². The fourth-order valence-electron chi connectivity index (χ4n) is 3.16. The average Bonchev–Trinajstić information content (AvgIpc) is 2.66. The zero-order chi connectivity index (χ0) is 24.5. The number of hydrogen-bond acceptors (Lipinski definition) is 5. The highest BCUT2D eigenvalue weighted by atomic mass is 31.2. The SMILES string of the molecule is CCCCCCCCCCCCC/C=C/[C@@H](O)[C@H](COP(=O)(O)O)NC(=O)OC(C)(C)C. The van der Waals surface area contributed by atoms with Crippen LogP contribution in [0.5, 0.6) is 0 Å². The Labute approximate surface area is 194 Å². The molecule has 0 aromatic carbocycles. The van der Waals surface area contributed by atoms with Gasteiger partial charge in [0.2, 0.25) is 0 Å². The first-order valence-corrected chi connectivity index (χ1v) is 13.5. The number of alkyl carbamates (subject to hydrolysis) is 1. The quantitative estimate of drug-likeness (QED) is 0.114. The molecule has 0 rings (SSSR count). The van der Waals surface area contributed by atoms with E-state index in [1.807, 2.05) is 6.08 Å². The van der Waals surface area contributed by atoms with Crippen LogP contribution in [0.3, 0.4) is 0 Å². The topological polar surface area (TPSA) is 125 Å². The maximum Gasteiger partial charge on any atom is 0.469 e. The number of aliphatic hydroxyl groups is 1. The van der Waals surface area contributed by atoms with Crippen molar-refractivity contribution in [1.29, 1.82) is 0 Å². The second kappa shape index (κ2) is 17.5. The maximum absolute atomic E-state index is 12.0. The Morgan fingerprint density at radius 3 is 1.94 bits per heavy atom. The Bertz CT molecular complexity index is 557. The molecule has 0 radical (unpaired) electrons. The van der Waals surface area contributed by atoms with E-state index in [9.17, 15) is 14.5 Å². The molecule has 2 atom stereocenters. The van der Waals surface area contributed by atoms with Crippen LogP contribution in [0.1, 0.15) is 105 Å². The van der Waals surface area contributed by atoms with Crippen LogP contribution in [0.4, 0.5) is 4.79 Å². The summed E-state index contributed by atoms with van der Waals surface area (Å²) in [6.07, 6.45) is 16.0. The lowest BCUT2D eigenvalue weighted by Crippen LogP contribution is -2.47. The Hall–Kier alpha value is -0.920. The number of carbonyl (C=O) groups is 1. The molecule has 0 aromatic rings. The molecular weight excluding hydrogens is 433 g/mol.